The van der Waals surface area contributed by atoms with Crippen LogP contribution in [-0.2, 0) is 13.1 Å². The lowest BCUT2D eigenvalue weighted by atomic mass is 10.1. The molecule has 0 aliphatic heterocycles. The summed E-state index contributed by atoms with van der Waals surface area (Å²) in [6.07, 6.45) is 1.60. The first-order valence-electron chi connectivity index (χ1n) is 8.27. The van der Waals surface area contributed by atoms with Crippen molar-refractivity contribution < 1.29 is 9.53 Å². The van der Waals surface area contributed by atoms with Gasteiger partial charge in [0.15, 0.2) is 0 Å². The van der Waals surface area contributed by atoms with E-state index in [0.29, 0.717) is 23.5 Å². The molecule has 0 saturated heterocycles. The maximum atomic E-state index is 12.7. The molecule has 0 bridgehead atoms. The number of aryl methyl sites for hydroxylation is 1. The van der Waals surface area contributed by atoms with Crippen molar-refractivity contribution in [2.45, 2.75) is 20.0 Å². The summed E-state index contributed by atoms with van der Waals surface area (Å²) < 4.78 is 6.98. The van der Waals surface area contributed by atoms with Gasteiger partial charge in [0.25, 0.3) is 5.91 Å². The number of pyridine rings is 1. The molecule has 1 aromatic heterocycles. The smallest absolute Gasteiger partial charge is 0.257 e. The Hall–Kier alpha value is -2.79. The van der Waals surface area contributed by atoms with Crippen LogP contribution in [0.4, 0.5) is 0 Å². The third kappa shape index (κ3) is 3.58. The van der Waals surface area contributed by atoms with Gasteiger partial charge < -0.3 is 14.6 Å². The number of aromatic nitrogens is 1. The Morgan fingerprint density at radius 2 is 1.92 bits per heavy atom. The van der Waals surface area contributed by atoms with Crippen LogP contribution < -0.4 is 15.5 Å². The Morgan fingerprint density at radius 1 is 1.19 bits per heavy atom. The summed E-state index contributed by atoms with van der Waals surface area (Å²) >= 11 is 6.03. The Balaban J connectivity index is 1.89. The highest BCUT2D eigenvalue weighted by molar-refractivity contribution is 6.31. The third-order valence-electron chi connectivity index (χ3n) is 4.24. The summed E-state index contributed by atoms with van der Waals surface area (Å²) in [5.41, 5.74) is 1.46. The number of amides is 1. The number of fused-ring (bicyclic) bond motifs is 1. The molecule has 3 aromatic rings. The minimum absolute atomic E-state index is 0.107. The number of benzene rings is 2. The monoisotopic (exact) mass is 370 g/mol. The van der Waals surface area contributed by atoms with Crippen molar-refractivity contribution in [3.05, 3.63) is 75.0 Å². The van der Waals surface area contributed by atoms with Crippen molar-refractivity contribution in [3.8, 4) is 5.75 Å². The molecule has 0 spiro atoms. The topological polar surface area (TPSA) is 60.3 Å². The summed E-state index contributed by atoms with van der Waals surface area (Å²) in [5, 5.41) is 3.71. The molecule has 0 fully saturated rings. The molecular weight excluding hydrogens is 352 g/mol. The highest BCUT2D eigenvalue weighted by Crippen LogP contribution is 2.18. The van der Waals surface area contributed by atoms with E-state index in [1.807, 2.05) is 35.8 Å². The van der Waals surface area contributed by atoms with E-state index >= 15 is 0 Å². The summed E-state index contributed by atoms with van der Waals surface area (Å²) in [7, 11) is 1.60. The van der Waals surface area contributed by atoms with Crippen molar-refractivity contribution in [2.75, 3.05) is 7.11 Å². The van der Waals surface area contributed by atoms with E-state index < -0.39 is 5.91 Å². The SMILES string of the molecule is CCn1cc(C(=O)NCc2ccc(OC)cc2)c(=O)c2cc(Cl)ccc21. The number of rotatable bonds is 5. The molecule has 6 heteroatoms. The van der Waals surface area contributed by atoms with Crippen molar-refractivity contribution >= 4 is 28.4 Å². The van der Waals surface area contributed by atoms with E-state index in [1.165, 1.54) is 0 Å². The van der Waals surface area contributed by atoms with Crippen molar-refractivity contribution in [1.82, 2.24) is 9.88 Å². The fourth-order valence-electron chi connectivity index (χ4n) is 2.81. The average molecular weight is 371 g/mol. The quantitative estimate of drug-likeness (QED) is 0.746. The molecule has 0 aliphatic rings. The van der Waals surface area contributed by atoms with Gasteiger partial charge in [0.05, 0.1) is 12.6 Å². The number of hydrogen-bond acceptors (Lipinski definition) is 3. The van der Waals surface area contributed by atoms with Gasteiger partial charge in [0.1, 0.15) is 11.3 Å². The molecule has 134 valence electrons. The predicted octanol–water partition coefficient (Wildman–Crippen LogP) is 3.61. The molecular formula is C20H19ClN2O3. The fraction of sp³-hybridized carbons (Fsp3) is 0.200. The molecule has 1 heterocycles. The van der Waals surface area contributed by atoms with Crippen LogP contribution in [-0.4, -0.2) is 17.6 Å². The Morgan fingerprint density at radius 3 is 2.58 bits per heavy atom. The molecule has 0 saturated carbocycles. The van der Waals surface area contributed by atoms with Crippen molar-refractivity contribution in [1.29, 1.82) is 0 Å². The second-order valence-electron chi connectivity index (χ2n) is 5.85. The van der Waals surface area contributed by atoms with Gasteiger partial charge in [-0.15, -0.1) is 0 Å². The minimum Gasteiger partial charge on any atom is -0.497 e. The molecule has 5 nitrogen and oxygen atoms in total. The largest absolute Gasteiger partial charge is 0.497 e. The number of halogens is 1. The lowest BCUT2D eigenvalue weighted by molar-refractivity contribution is 0.0949. The first-order chi connectivity index (χ1) is 12.5. The predicted molar refractivity (Wildman–Crippen MR) is 103 cm³/mol. The van der Waals surface area contributed by atoms with E-state index in [2.05, 4.69) is 5.32 Å². The number of nitrogens with one attached hydrogen (secondary N) is 1. The molecule has 0 atom stereocenters. The summed E-state index contributed by atoms with van der Waals surface area (Å²) in [6, 6.07) is 12.5. The highest BCUT2D eigenvalue weighted by Gasteiger charge is 2.15. The number of carbonyl (C=O) groups excluding carboxylic acids is 1. The van der Waals surface area contributed by atoms with E-state index in [-0.39, 0.29) is 11.0 Å². The van der Waals surface area contributed by atoms with E-state index in [1.54, 1.807) is 31.5 Å². The normalized spacial score (nSPS) is 10.7. The van der Waals surface area contributed by atoms with Crippen molar-refractivity contribution in [3.63, 3.8) is 0 Å². The van der Waals surface area contributed by atoms with Crippen LogP contribution in [0.5, 0.6) is 5.75 Å². The van der Waals surface area contributed by atoms with Gasteiger partial charge in [-0.05, 0) is 42.8 Å². The first kappa shape index (κ1) is 18.0. The van der Waals surface area contributed by atoms with Gasteiger partial charge in [-0.1, -0.05) is 23.7 Å². The minimum atomic E-state index is -0.408. The van der Waals surface area contributed by atoms with Crippen LogP contribution in [0.25, 0.3) is 10.9 Å². The standard InChI is InChI=1S/C20H19ClN2O3/c1-3-23-12-17(19(24)16-10-14(21)6-9-18(16)23)20(25)22-11-13-4-7-15(26-2)8-5-13/h4-10,12H,3,11H2,1-2H3,(H,22,25). The molecule has 0 unspecified atom stereocenters. The van der Waals surface area contributed by atoms with Crippen LogP contribution in [0.2, 0.25) is 5.02 Å². The Bertz CT molecular complexity index is 1010. The van der Waals surface area contributed by atoms with E-state index in [0.717, 1.165) is 16.8 Å². The zero-order valence-electron chi connectivity index (χ0n) is 14.6. The number of nitrogens with zero attached hydrogens (tertiary/aromatic N) is 1. The zero-order valence-corrected chi connectivity index (χ0v) is 15.3. The summed E-state index contributed by atoms with van der Waals surface area (Å²) in [5.74, 6) is 0.340. The molecule has 1 amide bonds. The Kier molecular flexibility index (Phi) is 5.28. The van der Waals surface area contributed by atoms with Crippen LogP contribution in [0.1, 0.15) is 22.8 Å². The Labute approximate surface area is 156 Å². The molecule has 0 aliphatic carbocycles. The average Bonchev–Trinajstić information content (AvgIpc) is 2.67. The van der Waals surface area contributed by atoms with Gasteiger partial charge in [0.2, 0.25) is 5.43 Å². The second kappa shape index (κ2) is 7.62. The second-order valence-corrected chi connectivity index (χ2v) is 6.29. The van der Waals surface area contributed by atoms with Gasteiger partial charge in [0, 0.05) is 29.7 Å². The first-order valence-corrected chi connectivity index (χ1v) is 8.65. The van der Waals surface area contributed by atoms with Crippen LogP contribution in [0.3, 0.4) is 0 Å². The summed E-state index contributed by atoms with van der Waals surface area (Å²) in [4.78, 5) is 25.3. The maximum Gasteiger partial charge on any atom is 0.257 e. The van der Waals surface area contributed by atoms with E-state index in [9.17, 15) is 9.59 Å². The molecule has 2 aromatic carbocycles. The van der Waals surface area contributed by atoms with Crippen molar-refractivity contribution in [2.24, 2.45) is 0 Å². The van der Waals surface area contributed by atoms with Gasteiger partial charge in [-0.3, -0.25) is 9.59 Å². The van der Waals surface area contributed by atoms with Crippen LogP contribution in [0.15, 0.2) is 53.5 Å². The molecule has 3 rings (SSSR count). The van der Waals surface area contributed by atoms with Gasteiger partial charge in [-0.25, -0.2) is 0 Å². The summed E-state index contributed by atoms with van der Waals surface area (Å²) in [6.45, 7) is 2.91. The van der Waals surface area contributed by atoms with Gasteiger partial charge >= 0.3 is 0 Å². The van der Waals surface area contributed by atoms with Gasteiger partial charge in [-0.2, -0.15) is 0 Å². The molecule has 26 heavy (non-hydrogen) atoms. The molecule has 0 radical (unpaired) electrons. The molecule has 1 N–H and O–H groups in total. The lowest BCUT2D eigenvalue weighted by Crippen LogP contribution is -2.29. The third-order valence-corrected chi connectivity index (χ3v) is 4.47. The fourth-order valence-corrected chi connectivity index (χ4v) is 2.99. The number of ether oxygens (including phenoxy) is 1. The maximum absolute atomic E-state index is 12.7. The van der Waals surface area contributed by atoms with Crippen LogP contribution >= 0.6 is 11.6 Å². The number of hydrogen-bond donors (Lipinski definition) is 1. The van der Waals surface area contributed by atoms with E-state index in [4.69, 9.17) is 16.3 Å². The number of carbonyl (C=O) groups is 1. The lowest BCUT2D eigenvalue weighted by Gasteiger charge is -2.12. The number of methoxy groups -OCH3 is 1. The van der Waals surface area contributed by atoms with Crippen LogP contribution in [0, 0.1) is 0 Å². The zero-order chi connectivity index (χ0) is 18.7. The highest BCUT2D eigenvalue weighted by atomic mass is 35.5.